The number of rotatable bonds is 3. The van der Waals surface area contributed by atoms with Gasteiger partial charge in [0.2, 0.25) is 5.88 Å². The lowest BCUT2D eigenvalue weighted by Gasteiger charge is -2.08. The van der Waals surface area contributed by atoms with Gasteiger partial charge in [0.1, 0.15) is 0 Å². The largest absolute Gasteiger partial charge is 0.481 e. The minimum absolute atomic E-state index is 0.124. The normalized spacial score (nSPS) is 10.1. The van der Waals surface area contributed by atoms with Crippen molar-refractivity contribution in [2.24, 2.45) is 0 Å². The molecule has 0 aliphatic heterocycles. The molecule has 4 nitrogen and oxygen atoms in total. The van der Waals surface area contributed by atoms with Crippen molar-refractivity contribution >= 4 is 0 Å². The third kappa shape index (κ3) is 2.01. The molecule has 0 saturated carbocycles. The Morgan fingerprint density at radius 1 is 1.31 bits per heavy atom. The van der Waals surface area contributed by atoms with Gasteiger partial charge in [0.05, 0.1) is 19.4 Å². The van der Waals surface area contributed by atoms with Crippen molar-refractivity contribution in [3.8, 4) is 17.0 Å². The number of nitrogens with zero attached hydrogens (tertiary/aromatic N) is 2. The van der Waals surface area contributed by atoms with Crippen molar-refractivity contribution in [2.45, 2.75) is 6.61 Å². The molecular weight excluding hydrogens is 204 g/mol. The van der Waals surface area contributed by atoms with Crippen LogP contribution in [0.4, 0.5) is 0 Å². The maximum absolute atomic E-state index is 9.26. The molecule has 0 amide bonds. The molecule has 2 aromatic heterocycles. The van der Waals surface area contributed by atoms with Gasteiger partial charge in [0, 0.05) is 29.6 Å². The summed E-state index contributed by atoms with van der Waals surface area (Å²) < 4.78 is 5.01. The lowest BCUT2D eigenvalue weighted by molar-refractivity contribution is 0.275. The molecule has 0 aliphatic carbocycles. The van der Waals surface area contributed by atoms with E-state index in [1.165, 1.54) is 0 Å². The molecule has 0 unspecified atom stereocenters. The highest BCUT2D eigenvalue weighted by Crippen LogP contribution is 2.23. The van der Waals surface area contributed by atoms with Gasteiger partial charge in [0.15, 0.2) is 0 Å². The Morgan fingerprint density at radius 3 is 2.81 bits per heavy atom. The van der Waals surface area contributed by atoms with Crippen LogP contribution in [0.2, 0.25) is 0 Å². The molecule has 0 fully saturated rings. The Bertz CT molecular complexity index is 472. The summed E-state index contributed by atoms with van der Waals surface area (Å²) in [6.07, 6.45) is 3.45. The second kappa shape index (κ2) is 4.72. The molecule has 2 aromatic rings. The van der Waals surface area contributed by atoms with E-state index >= 15 is 0 Å². The second-order valence-corrected chi connectivity index (χ2v) is 3.25. The first-order valence-electron chi connectivity index (χ1n) is 4.90. The Kier molecular flexibility index (Phi) is 3.12. The number of aromatic nitrogens is 2. The van der Waals surface area contributed by atoms with Gasteiger partial charge in [-0.1, -0.05) is 6.07 Å². The molecule has 4 heteroatoms. The molecule has 0 aliphatic rings. The predicted octanol–water partition coefficient (Wildman–Crippen LogP) is 1.64. The second-order valence-electron chi connectivity index (χ2n) is 3.25. The van der Waals surface area contributed by atoms with E-state index in [0.29, 0.717) is 11.6 Å². The van der Waals surface area contributed by atoms with E-state index < -0.39 is 0 Å². The van der Waals surface area contributed by atoms with Gasteiger partial charge in [-0.25, -0.2) is 4.98 Å². The van der Waals surface area contributed by atoms with Crippen LogP contribution in [0.5, 0.6) is 5.88 Å². The third-order valence-corrected chi connectivity index (χ3v) is 2.28. The summed E-state index contributed by atoms with van der Waals surface area (Å²) in [5.74, 6) is 0.497. The summed E-state index contributed by atoms with van der Waals surface area (Å²) in [6.45, 7) is -0.124. The topological polar surface area (TPSA) is 55.2 Å². The maximum atomic E-state index is 9.26. The Labute approximate surface area is 93.6 Å². The fourth-order valence-electron chi connectivity index (χ4n) is 1.50. The van der Waals surface area contributed by atoms with Gasteiger partial charge in [0.25, 0.3) is 0 Å². The summed E-state index contributed by atoms with van der Waals surface area (Å²) in [5, 5.41) is 9.26. The Hall–Kier alpha value is -1.94. The molecule has 82 valence electrons. The van der Waals surface area contributed by atoms with Crippen molar-refractivity contribution in [3.63, 3.8) is 0 Å². The molecule has 0 saturated heterocycles. The summed E-state index contributed by atoms with van der Waals surface area (Å²) in [6, 6.07) is 7.41. The highest BCUT2D eigenvalue weighted by molar-refractivity contribution is 5.65. The number of hydrogen-bond donors (Lipinski definition) is 1. The van der Waals surface area contributed by atoms with Crippen LogP contribution in [0.25, 0.3) is 11.1 Å². The number of aliphatic hydroxyl groups excluding tert-OH is 1. The number of ether oxygens (including phenoxy) is 1. The number of methoxy groups -OCH3 is 1. The van der Waals surface area contributed by atoms with E-state index in [2.05, 4.69) is 9.97 Å². The zero-order valence-electron chi connectivity index (χ0n) is 8.92. The SMILES string of the molecule is COc1ccc(-c2cccnc2)c(CO)n1. The minimum Gasteiger partial charge on any atom is -0.481 e. The average molecular weight is 216 g/mol. The van der Waals surface area contributed by atoms with Crippen LogP contribution in [0.3, 0.4) is 0 Å². The summed E-state index contributed by atoms with van der Waals surface area (Å²) in [7, 11) is 1.55. The van der Waals surface area contributed by atoms with E-state index in [1.54, 1.807) is 25.6 Å². The number of hydrogen-bond acceptors (Lipinski definition) is 4. The van der Waals surface area contributed by atoms with Crippen molar-refractivity contribution in [2.75, 3.05) is 7.11 Å². The fraction of sp³-hybridized carbons (Fsp3) is 0.167. The minimum atomic E-state index is -0.124. The molecular formula is C12H12N2O2. The molecule has 0 spiro atoms. The molecule has 2 heterocycles. The highest BCUT2D eigenvalue weighted by atomic mass is 16.5. The van der Waals surface area contributed by atoms with Crippen LogP contribution >= 0.6 is 0 Å². The van der Waals surface area contributed by atoms with Crippen molar-refractivity contribution in [1.82, 2.24) is 9.97 Å². The Morgan fingerprint density at radius 2 is 2.19 bits per heavy atom. The standard InChI is InChI=1S/C12H12N2O2/c1-16-12-5-4-10(11(8-15)14-12)9-3-2-6-13-7-9/h2-7,15H,8H2,1H3. The summed E-state index contributed by atoms with van der Waals surface area (Å²) in [4.78, 5) is 8.22. The van der Waals surface area contributed by atoms with Crippen LogP contribution in [-0.4, -0.2) is 22.2 Å². The zero-order valence-corrected chi connectivity index (χ0v) is 8.92. The predicted molar refractivity (Wildman–Crippen MR) is 59.9 cm³/mol. The van der Waals surface area contributed by atoms with E-state index in [4.69, 9.17) is 4.74 Å². The highest BCUT2D eigenvalue weighted by Gasteiger charge is 2.07. The third-order valence-electron chi connectivity index (χ3n) is 2.28. The van der Waals surface area contributed by atoms with Crippen LogP contribution < -0.4 is 4.74 Å². The van der Waals surface area contributed by atoms with E-state index in [0.717, 1.165) is 11.1 Å². The van der Waals surface area contributed by atoms with Crippen LogP contribution in [0, 0.1) is 0 Å². The lowest BCUT2D eigenvalue weighted by Crippen LogP contribution is -1.97. The van der Waals surface area contributed by atoms with Crippen LogP contribution in [0.1, 0.15) is 5.69 Å². The smallest absolute Gasteiger partial charge is 0.213 e. The summed E-state index contributed by atoms with van der Waals surface area (Å²) >= 11 is 0. The van der Waals surface area contributed by atoms with Crippen molar-refractivity contribution in [3.05, 3.63) is 42.4 Å². The van der Waals surface area contributed by atoms with Gasteiger partial charge in [-0.05, 0) is 12.1 Å². The monoisotopic (exact) mass is 216 g/mol. The van der Waals surface area contributed by atoms with Gasteiger partial charge in [-0.15, -0.1) is 0 Å². The maximum Gasteiger partial charge on any atom is 0.213 e. The summed E-state index contributed by atoms with van der Waals surface area (Å²) in [5.41, 5.74) is 2.39. The Balaban J connectivity index is 2.49. The quantitative estimate of drug-likeness (QED) is 0.847. The van der Waals surface area contributed by atoms with E-state index in [9.17, 15) is 5.11 Å². The lowest BCUT2D eigenvalue weighted by atomic mass is 10.1. The van der Waals surface area contributed by atoms with Crippen LogP contribution in [-0.2, 0) is 6.61 Å². The van der Waals surface area contributed by atoms with Crippen molar-refractivity contribution < 1.29 is 9.84 Å². The van der Waals surface area contributed by atoms with E-state index in [-0.39, 0.29) is 6.61 Å². The number of pyridine rings is 2. The van der Waals surface area contributed by atoms with Crippen molar-refractivity contribution in [1.29, 1.82) is 0 Å². The van der Waals surface area contributed by atoms with Gasteiger partial charge < -0.3 is 9.84 Å². The first kappa shape index (κ1) is 10.6. The molecule has 0 atom stereocenters. The molecule has 2 rings (SSSR count). The molecule has 0 bridgehead atoms. The number of aliphatic hydroxyl groups is 1. The van der Waals surface area contributed by atoms with Gasteiger partial charge in [-0.2, -0.15) is 0 Å². The van der Waals surface area contributed by atoms with Gasteiger partial charge in [-0.3, -0.25) is 4.98 Å². The molecule has 16 heavy (non-hydrogen) atoms. The molecule has 0 radical (unpaired) electrons. The average Bonchev–Trinajstić information content (AvgIpc) is 2.39. The molecule has 1 N–H and O–H groups in total. The van der Waals surface area contributed by atoms with Gasteiger partial charge >= 0.3 is 0 Å². The van der Waals surface area contributed by atoms with E-state index in [1.807, 2.05) is 18.2 Å². The first-order chi connectivity index (χ1) is 7.85. The molecule has 0 aromatic carbocycles. The van der Waals surface area contributed by atoms with Crippen LogP contribution in [0.15, 0.2) is 36.7 Å². The first-order valence-corrected chi connectivity index (χ1v) is 4.90. The fourth-order valence-corrected chi connectivity index (χ4v) is 1.50. The zero-order chi connectivity index (χ0) is 11.4.